The van der Waals surface area contributed by atoms with Gasteiger partial charge in [-0.1, -0.05) is 6.07 Å². The van der Waals surface area contributed by atoms with Crippen molar-refractivity contribution in [2.24, 2.45) is 4.99 Å². The molecule has 2 aromatic rings. The number of aryl methyl sites for hydroxylation is 1. The summed E-state index contributed by atoms with van der Waals surface area (Å²) < 4.78 is 2.22. The minimum atomic E-state index is 0. The van der Waals surface area contributed by atoms with Crippen molar-refractivity contribution < 1.29 is 0 Å². The lowest BCUT2D eigenvalue weighted by Crippen LogP contribution is -2.52. The predicted octanol–water partition coefficient (Wildman–Crippen LogP) is 1.13. The van der Waals surface area contributed by atoms with E-state index in [4.69, 9.17) is 0 Å². The number of halogens is 1. The highest BCUT2D eigenvalue weighted by atomic mass is 127. The van der Waals surface area contributed by atoms with Gasteiger partial charge in [0.05, 0.1) is 6.54 Å². The molecule has 2 aromatic heterocycles. The summed E-state index contributed by atoms with van der Waals surface area (Å²) in [5.41, 5.74) is 0. The quantitative estimate of drug-likeness (QED) is 0.414. The molecule has 140 valence electrons. The van der Waals surface area contributed by atoms with Gasteiger partial charge < -0.3 is 19.7 Å². The second kappa shape index (κ2) is 8.65. The maximum Gasteiger partial charge on any atom is 0.194 e. The van der Waals surface area contributed by atoms with E-state index < -0.39 is 0 Å². The number of aromatic nitrogens is 4. The molecule has 0 spiro atoms. The molecule has 0 aromatic carbocycles. The summed E-state index contributed by atoms with van der Waals surface area (Å²) in [6, 6.07) is 6.05. The summed E-state index contributed by atoms with van der Waals surface area (Å²) in [4.78, 5) is 13.5. The normalized spacial score (nSPS) is 17.0. The van der Waals surface area contributed by atoms with Gasteiger partial charge in [-0.25, -0.2) is 4.98 Å². The van der Waals surface area contributed by atoms with E-state index in [1.807, 2.05) is 25.4 Å². The lowest BCUT2D eigenvalue weighted by molar-refractivity contribution is 0.370. The van der Waals surface area contributed by atoms with Gasteiger partial charge in [-0.15, -0.1) is 34.2 Å². The minimum Gasteiger partial charge on any atom is -0.353 e. The first-order valence-electron chi connectivity index (χ1n) is 8.87. The van der Waals surface area contributed by atoms with Gasteiger partial charge in [0.15, 0.2) is 11.8 Å². The van der Waals surface area contributed by atoms with Crippen molar-refractivity contribution in [1.82, 2.24) is 30.0 Å². The number of nitrogens with zero attached hydrogens (tertiary/aromatic N) is 7. The number of rotatable bonds is 3. The van der Waals surface area contributed by atoms with Gasteiger partial charge in [0.25, 0.3) is 0 Å². The predicted molar refractivity (Wildman–Crippen MR) is 112 cm³/mol. The Kier molecular flexibility index (Phi) is 6.28. The molecule has 2 aliphatic rings. The zero-order valence-electron chi connectivity index (χ0n) is 15.0. The van der Waals surface area contributed by atoms with Gasteiger partial charge in [-0.2, -0.15) is 0 Å². The van der Waals surface area contributed by atoms with Crippen LogP contribution in [0.2, 0.25) is 0 Å². The van der Waals surface area contributed by atoms with Crippen molar-refractivity contribution in [2.45, 2.75) is 25.9 Å². The van der Waals surface area contributed by atoms with Crippen LogP contribution in [0.25, 0.3) is 0 Å². The summed E-state index contributed by atoms with van der Waals surface area (Å²) in [6.07, 6.45) is 4.05. The van der Waals surface area contributed by atoms with E-state index in [1.54, 1.807) is 0 Å². The average Bonchev–Trinajstić information content (AvgIpc) is 3.28. The molecule has 8 nitrogen and oxygen atoms in total. The average molecular weight is 468 g/mol. The molecular formula is C17H25IN8. The van der Waals surface area contributed by atoms with Gasteiger partial charge in [0, 0.05) is 52.4 Å². The second-order valence-corrected chi connectivity index (χ2v) is 6.35. The highest BCUT2D eigenvalue weighted by molar-refractivity contribution is 14.0. The molecule has 2 aliphatic heterocycles. The Bertz CT molecular complexity index is 736. The molecule has 0 amide bonds. The Morgan fingerprint density at radius 3 is 2.73 bits per heavy atom. The number of hydrogen-bond acceptors (Lipinski definition) is 5. The summed E-state index contributed by atoms with van der Waals surface area (Å²) >= 11 is 0. The van der Waals surface area contributed by atoms with E-state index in [1.165, 1.54) is 6.42 Å². The topological polar surface area (TPSA) is 74.5 Å². The van der Waals surface area contributed by atoms with Crippen LogP contribution in [0.1, 0.15) is 18.1 Å². The zero-order chi connectivity index (χ0) is 17.1. The summed E-state index contributed by atoms with van der Waals surface area (Å²) in [5, 5.41) is 12.0. The van der Waals surface area contributed by atoms with Crippen LogP contribution < -0.4 is 10.2 Å². The van der Waals surface area contributed by atoms with Crippen molar-refractivity contribution in [3.05, 3.63) is 36.0 Å². The van der Waals surface area contributed by atoms with Crippen LogP contribution >= 0.6 is 24.0 Å². The molecule has 4 heterocycles. The Labute approximate surface area is 170 Å². The molecule has 1 N–H and O–H groups in total. The van der Waals surface area contributed by atoms with E-state index in [2.05, 4.69) is 45.9 Å². The lowest BCUT2D eigenvalue weighted by atomic mass is 10.3. The van der Waals surface area contributed by atoms with Gasteiger partial charge in [-0.3, -0.25) is 4.99 Å². The second-order valence-electron chi connectivity index (χ2n) is 6.35. The van der Waals surface area contributed by atoms with Gasteiger partial charge in [-0.05, 0) is 18.6 Å². The summed E-state index contributed by atoms with van der Waals surface area (Å²) in [7, 11) is 1.84. The standard InChI is InChI=1S/C17H24N8.HI/c1-18-17(20-13-16-22-21-15-6-4-8-25(15)16)24-11-9-23(10-12-24)14-5-2-3-7-19-14;/h2-3,5,7H,4,6,8-13H2,1H3,(H,18,20);1H. The van der Waals surface area contributed by atoms with Crippen molar-refractivity contribution in [3.63, 3.8) is 0 Å². The third-order valence-corrected chi connectivity index (χ3v) is 4.86. The SMILES string of the molecule is CN=C(NCc1nnc2n1CCC2)N1CCN(c2ccccn2)CC1.I. The molecule has 1 saturated heterocycles. The Balaban J connectivity index is 0.00000196. The van der Waals surface area contributed by atoms with Crippen LogP contribution in [0.3, 0.4) is 0 Å². The molecule has 26 heavy (non-hydrogen) atoms. The molecule has 0 unspecified atom stereocenters. The van der Waals surface area contributed by atoms with E-state index >= 15 is 0 Å². The first-order valence-corrected chi connectivity index (χ1v) is 8.87. The fourth-order valence-corrected chi connectivity index (χ4v) is 3.52. The van der Waals surface area contributed by atoms with Crippen molar-refractivity contribution in [2.75, 3.05) is 38.1 Å². The zero-order valence-corrected chi connectivity index (χ0v) is 17.3. The molecule has 0 atom stereocenters. The number of nitrogens with one attached hydrogen (secondary N) is 1. The Morgan fingerprint density at radius 1 is 1.15 bits per heavy atom. The van der Waals surface area contributed by atoms with E-state index in [0.29, 0.717) is 6.54 Å². The number of piperazine rings is 1. The third-order valence-electron chi connectivity index (χ3n) is 4.86. The van der Waals surface area contributed by atoms with Crippen LogP contribution in [0.4, 0.5) is 5.82 Å². The van der Waals surface area contributed by atoms with E-state index in [-0.39, 0.29) is 24.0 Å². The monoisotopic (exact) mass is 468 g/mol. The molecule has 9 heteroatoms. The Hall–Kier alpha value is -1.91. The van der Waals surface area contributed by atoms with E-state index in [9.17, 15) is 0 Å². The number of fused-ring (bicyclic) bond motifs is 1. The fraction of sp³-hybridized carbons (Fsp3) is 0.529. The van der Waals surface area contributed by atoms with Gasteiger partial charge >= 0.3 is 0 Å². The number of hydrogen-bond donors (Lipinski definition) is 1. The first-order chi connectivity index (χ1) is 12.3. The lowest BCUT2D eigenvalue weighted by Gasteiger charge is -2.37. The fourth-order valence-electron chi connectivity index (χ4n) is 3.52. The molecule has 0 aliphatic carbocycles. The maximum atomic E-state index is 4.44. The maximum absolute atomic E-state index is 4.44. The van der Waals surface area contributed by atoms with Crippen LogP contribution in [-0.4, -0.2) is 63.8 Å². The molecular weight excluding hydrogens is 443 g/mol. The van der Waals surface area contributed by atoms with Crippen molar-refractivity contribution in [1.29, 1.82) is 0 Å². The van der Waals surface area contributed by atoms with Crippen LogP contribution in [0.15, 0.2) is 29.4 Å². The van der Waals surface area contributed by atoms with Crippen molar-refractivity contribution in [3.8, 4) is 0 Å². The van der Waals surface area contributed by atoms with Crippen LogP contribution in [0, 0.1) is 0 Å². The Morgan fingerprint density at radius 2 is 2.00 bits per heavy atom. The number of pyridine rings is 1. The number of aliphatic imine (C=N–C) groups is 1. The highest BCUT2D eigenvalue weighted by Gasteiger charge is 2.21. The highest BCUT2D eigenvalue weighted by Crippen LogP contribution is 2.15. The third kappa shape index (κ3) is 3.92. The molecule has 1 fully saturated rings. The minimum absolute atomic E-state index is 0. The van der Waals surface area contributed by atoms with Gasteiger partial charge in [0.1, 0.15) is 11.6 Å². The summed E-state index contributed by atoms with van der Waals surface area (Å²) in [6.45, 7) is 5.43. The smallest absolute Gasteiger partial charge is 0.194 e. The van der Waals surface area contributed by atoms with Gasteiger partial charge in [0.2, 0.25) is 0 Å². The molecule has 0 saturated carbocycles. The van der Waals surface area contributed by atoms with Crippen molar-refractivity contribution >= 4 is 35.8 Å². The number of anilines is 1. The first kappa shape index (κ1) is 18.9. The van der Waals surface area contributed by atoms with E-state index in [0.717, 1.165) is 62.6 Å². The largest absolute Gasteiger partial charge is 0.353 e. The molecule has 0 radical (unpaired) electrons. The number of guanidine groups is 1. The van der Waals surface area contributed by atoms with Crippen LogP contribution in [-0.2, 0) is 19.5 Å². The summed E-state index contributed by atoms with van der Waals surface area (Å²) in [5.74, 6) is 4.08. The molecule has 4 rings (SSSR count). The molecule has 0 bridgehead atoms. The van der Waals surface area contributed by atoms with Crippen LogP contribution in [0.5, 0.6) is 0 Å².